The molecule has 0 saturated carbocycles. The maximum absolute atomic E-state index is 11.1. The lowest BCUT2D eigenvalue weighted by Gasteiger charge is -1.96. The highest BCUT2D eigenvalue weighted by atomic mass is 79.9. The monoisotopic (exact) mass is 455 g/mol. The molecule has 3 N–H and O–H groups in total. The summed E-state index contributed by atoms with van der Waals surface area (Å²) in [6, 6.07) is 14.6. The van der Waals surface area contributed by atoms with E-state index in [-0.39, 0.29) is 12.2 Å². The number of amides is 1. The number of aromatic nitrogens is 2. The van der Waals surface area contributed by atoms with E-state index in [0.29, 0.717) is 15.9 Å². The zero-order valence-electron chi connectivity index (χ0n) is 13.5. The van der Waals surface area contributed by atoms with Gasteiger partial charge in [0.2, 0.25) is 6.41 Å². The first-order valence-corrected chi connectivity index (χ1v) is 9.14. The zero-order valence-corrected chi connectivity index (χ0v) is 16.6. The van der Waals surface area contributed by atoms with Crippen molar-refractivity contribution >= 4 is 51.3 Å². The highest BCUT2D eigenvalue weighted by Crippen LogP contribution is 2.19. The molecule has 0 atom stereocenters. The fourth-order valence-corrected chi connectivity index (χ4v) is 2.51. The van der Waals surface area contributed by atoms with Gasteiger partial charge in [-0.1, -0.05) is 63.4 Å². The fourth-order valence-electron chi connectivity index (χ4n) is 1.81. The van der Waals surface area contributed by atoms with Gasteiger partial charge in [-0.05, 0) is 24.3 Å². The van der Waals surface area contributed by atoms with Crippen LogP contribution < -0.4 is 5.73 Å². The van der Waals surface area contributed by atoms with Crippen molar-refractivity contribution in [2.24, 2.45) is 5.73 Å². The lowest BCUT2D eigenvalue weighted by molar-refractivity contribution is -0.106. The van der Waals surface area contributed by atoms with Gasteiger partial charge in [-0.2, -0.15) is 0 Å². The van der Waals surface area contributed by atoms with E-state index >= 15 is 0 Å². The second kappa shape index (κ2) is 12.2. The smallest absolute Gasteiger partial charge is 0.204 e. The first kappa shape index (κ1) is 21.9. The number of hydrogen-bond acceptors (Lipinski definition) is 3. The molecule has 5 nitrogen and oxygen atoms in total. The highest BCUT2D eigenvalue weighted by molar-refractivity contribution is 9.09. The van der Waals surface area contributed by atoms with Crippen LogP contribution in [-0.4, -0.2) is 27.5 Å². The molecule has 8 heteroatoms. The Kier molecular flexibility index (Phi) is 10.3. The molecule has 0 radical (unpaired) electrons. The summed E-state index contributed by atoms with van der Waals surface area (Å²) in [4.78, 5) is 26.6. The molecule has 0 aliphatic rings. The Morgan fingerprint density at radius 2 is 1.77 bits per heavy atom. The molecule has 0 saturated heterocycles. The molecular weight excluding hydrogens is 441 g/mol. The standard InChI is InChI=1S/C9H7ClN2.C8H6BrClO.CH3NO/c10-8-3-1-2-7(4-8)9-5-11-6-12-9;9-5-8(11)6-2-1-3-7(10)4-6;2-1-3/h1-6H,(H,11,12);1-4H,5H2;1H,(H2,2,3). The van der Waals surface area contributed by atoms with Crippen LogP contribution >= 0.6 is 39.1 Å². The topological polar surface area (TPSA) is 88.8 Å². The number of primary amides is 1. The number of hydrogen-bond donors (Lipinski definition) is 2. The van der Waals surface area contributed by atoms with E-state index in [0.717, 1.165) is 16.3 Å². The number of nitrogens with zero attached hydrogens (tertiary/aromatic N) is 1. The number of rotatable bonds is 3. The second-order valence-electron chi connectivity index (χ2n) is 4.68. The molecule has 0 aliphatic carbocycles. The quantitative estimate of drug-likeness (QED) is 0.338. The molecule has 3 aromatic rings. The average Bonchev–Trinajstić information content (AvgIpc) is 3.17. The van der Waals surface area contributed by atoms with Crippen LogP contribution in [0.5, 0.6) is 0 Å². The van der Waals surface area contributed by atoms with Crippen molar-refractivity contribution in [3.05, 3.63) is 76.7 Å². The second-order valence-corrected chi connectivity index (χ2v) is 6.11. The molecule has 1 amide bonds. The number of benzene rings is 2. The van der Waals surface area contributed by atoms with Crippen LogP contribution in [0.3, 0.4) is 0 Å². The lowest BCUT2D eigenvalue weighted by Crippen LogP contribution is -1.98. The summed E-state index contributed by atoms with van der Waals surface area (Å²) in [6.45, 7) is 0. The van der Waals surface area contributed by atoms with E-state index < -0.39 is 0 Å². The third-order valence-electron chi connectivity index (χ3n) is 2.90. The van der Waals surface area contributed by atoms with Gasteiger partial charge < -0.3 is 10.7 Å². The Bertz CT molecular complexity index is 827. The Labute approximate surface area is 169 Å². The van der Waals surface area contributed by atoms with E-state index in [1.165, 1.54) is 0 Å². The average molecular weight is 457 g/mol. The van der Waals surface area contributed by atoms with Crippen LogP contribution in [0.15, 0.2) is 61.1 Å². The van der Waals surface area contributed by atoms with Gasteiger partial charge in [0.1, 0.15) is 0 Å². The number of aromatic amines is 1. The van der Waals surface area contributed by atoms with Gasteiger partial charge >= 0.3 is 0 Å². The number of imidazole rings is 1. The number of nitrogens with two attached hydrogens (primary N) is 1. The molecule has 0 aliphatic heterocycles. The summed E-state index contributed by atoms with van der Waals surface area (Å²) in [6.07, 6.45) is 3.67. The highest BCUT2D eigenvalue weighted by Gasteiger charge is 2.02. The molecule has 26 heavy (non-hydrogen) atoms. The largest absolute Gasteiger partial charge is 0.372 e. The van der Waals surface area contributed by atoms with Crippen molar-refractivity contribution < 1.29 is 9.59 Å². The van der Waals surface area contributed by atoms with Crippen LogP contribution in [0.25, 0.3) is 11.3 Å². The van der Waals surface area contributed by atoms with Crippen LogP contribution in [0.1, 0.15) is 10.4 Å². The maximum Gasteiger partial charge on any atom is 0.204 e. The Morgan fingerprint density at radius 1 is 1.15 bits per heavy atom. The van der Waals surface area contributed by atoms with E-state index in [1.54, 1.807) is 36.8 Å². The number of halogens is 3. The van der Waals surface area contributed by atoms with Gasteiger partial charge in [-0.3, -0.25) is 9.59 Å². The van der Waals surface area contributed by atoms with E-state index in [2.05, 4.69) is 31.6 Å². The minimum Gasteiger partial charge on any atom is -0.372 e. The number of alkyl halides is 1. The van der Waals surface area contributed by atoms with Crippen molar-refractivity contribution in [2.45, 2.75) is 0 Å². The predicted octanol–water partition coefficient (Wildman–Crippen LogP) is 4.75. The Hall–Kier alpha value is -2.15. The summed E-state index contributed by atoms with van der Waals surface area (Å²) >= 11 is 14.6. The maximum atomic E-state index is 11.1. The Balaban J connectivity index is 0.000000227. The van der Waals surface area contributed by atoms with Gasteiger partial charge in [-0.25, -0.2) is 4.98 Å². The summed E-state index contributed by atoms with van der Waals surface area (Å²) in [5, 5.41) is 1.67. The zero-order chi connectivity index (χ0) is 19.4. The lowest BCUT2D eigenvalue weighted by atomic mass is 10.2. The number of ketones is 1. The first-order chi connectivity index (χ1) is 12.5. The van der Waals surface area contributed by atoms with E-state index in [1.807, 2.05) is 24.3 Å². The number of carbonyl (C=O) groups excluding carboxylic acids is 2. The molecule has 0 bridgehead atoms. The Morgan fingerprint density at radius 3 is 2.27 bits per heavy atom. The van der Waals surface area contributed by atoms with Crippen LogP contribution in [0.4, 0.5) is 0 Å². The van der Waals surface area contributed by atoms with Crippen LogP contribution in [-0.2, 0) is 4.79 Å². The van der Waals surface area contributed by atoms with Gasteiger partial charge in [-0.15, -0.1) is 0 Å². The van der Waals surface area contributed by atoms with Gasteiger partial charge in [0.05, 0.1) is 23.5 Å². The molecule has 0 spiro atoms. The third kappa shape index (κ3) is 7.82. The number of H-pyrrole nitrogens is 1. The number of carbonyl (C=O) groups is 2. The molecule has 0 unspecified atom stereocenters. The summed E-state index contributed by atoms with van der Waals surface area (Å²) < 4.78 is 0. The van der Waals surface area contributed by atoms with Gasteiger partial charge in [0.25, 0.3) is 0 Å². The first-order valence-electron chi connectivity index (χ1n) is 7.26. The van der Waals surface area contributed by atoms with E-state index in [9.17, 15) is 4.79 Å². The normalized spacial score (nSPS) is 9.19. The molecule has 2 aromatic carbocycles. The summed E-state index contributed by atoms with van der Waals surface area (Å²) in [5.74, 6) is 0.0486. The van der Waals surface area contributed by atoms with Crippen molar-refractivity contribution in [2.75, 3.05) is 5.33 Å². The van der Waals surface area contributed by atoms with Crippen LogP contribution in [0.2, 0.25) is 10.0 Å². The number of nitrogens with one attached hydrogen (secondary N) is 1. The van der Waals surface area contributed by atoms with E-state index in [4.69, 9.17) is 28.0 Å². The minimum atomic E-state index is 0.0486. The SMILES string of the molecule is Clc1cccc(-c2cnc[nH]2)c1.NC=O.O=C(CBr)c1cccc(Cl)c1. The summed E-state index contributed by atoms with van der Waals surface area (Å²) in [7, 11) is 0. The molecule has 3 rings (SSSR count). The minimum absolute atomic E-state index is 0.0486. The molecular formula is C18H16BrCl2N3O2. The predicted molar refractivity (Wildman–Crippen MR) is 109 cm³/mol. The van der Waals surface area contributed by atoms with Gasteiger partial charge in [0, 0.05) is 21.2 Å². The van der Waals surface area contributed by atoms with Crippen molar-refractivity contribution in [3.63, 3.8) is 0 Å². The number of Topliss-reactive ketones (excluding diaryl/α,β-unsaturated/α-hetero) is 1. The third-order valence-corrected chi connectivity index (χ3v) is 3.88. The molecule has 1 heterocycles. The summed E-state index contributed by atoms with van der Waals surface area (Å²) in [5.41, 5.74) is 6.85. The fraction of sp³-hybridized carbons (Fsp3) is 0.0556. The van der Waals surface area contributed by atoms with Crippen molar-refractivity contribution in [1.29, 1.82) is 0 Å². The van der Waals surface area contributed by atoms with Crippen molar-refractivity contribution in [3.8, 4) is 11.3 Å². The van der Waals surface area contributed by atoms with Crippen molar-refractivity contribution in [1.82, 2.24) is 9.97 Å². The molecule has 0 fully saturated rings. The molecule has 136 valence electrons. The molecule has 1 aromatic heterocycles. The van der Waals surface area contributed by atoms with Gasteiger partial charge in [0.15, 0.2) is 5.78 Å². The van der Waals surface area contributed by atoms with Crippen LogP contribution in [0, 0.1) is 0 Å².